The van der Waals surface area contributed by atoms with Crippen LogP contribution >= 0.6 is 0 Å². The molecule has 1 fully saturated rings. The smallest absolute Gasteiger partial charge is 0.231 e. The second kappa shape index (κ2) is 7.69. The maximum absolute atomic E-state index is 14.5. The van der Waals surface area contributed by atoms with Crippen molar-refractivity contribution in [3.63, 3.8) is 0 Å². The first-order valence-electron chi connectivity index (χ1n) is 11.1. The van der Waals surface area contributed by atoms with E-state index in [1.165, 1.54) is 6.07 Å². The van der Waals surface area contributed by atoms with Crippen LogP contribution in [0.3, 0.4) is 0 Å². The fourth-order valence-electron chi connectivity index (χ4n) is 4.17. The van der Waals surface area contributed by atoms with Gasteiger partial charge in [0.15, 0.2) is 23.0 Å². The third kappa shape index (κ3) is 4.01. The fourth-order valence-corrected chi connectivity index (χ4v) is 4.17. The number of fused-ring (bicyclic) bond motifs is 2. The molecule has 3 aromatic rings. The van der Waals surface area contributed by atoms with Crippen molar-refractivity contribution >= 4 is 22.8 Å². The number of amides is 1. The highest BCUT2D eigenvalue weighted by Gasteiger charge is 2.39. The Hall–Kier alpha value is -3.20. The Labute approximate surface area is 190 Å². The van der Waals surface area contributed by atoms with Gasteiger partial charge in [-0.1, -0.05) is 13.3 Å². The van der Waals surface area contributed by atoms with Gasteiger partial charge in [0.2, 0.25) is 18.4 Å². The van der Waals surface area contributed by atoms with Gasteiger partial charge >= 0.3 is 0 Å². The molecule has 174 valence electrons. The molecule has 2 aromatic heterocycles. The number of rotatable bonds is 6. The molecular formula is C24H27FN4O4. The number of aromatic nitrogens is 3. The molecule has 1 aliphatic heterocycles. The van der Waals surface area contributed by atoms with Crippen molar-refractivity contribution in [1.82, 2.24) is 14.8 Å². The molecule has 0 unspecified atom stereocenters. The van der Waals surface area contributed by atoms with Crippen molar-refractivity contribution in [2.75, 3.05) is 12.1 Å². The highest BCUT2D eigenvalue weighted by atomic mass is 19.1. The summed E-state index contributed by atoms with van der Waals surface area (Å²) in [4.78, 5) is 17.5. The molecule has 0 spiro atoms. The minimum Gasteiger partial charge on any atom is -0.453 e. The molecule has 9 heteroatoms. The number of ether oxygens (including phenoxy) is 2. The maximum Gasteiger partial charge on any atom is 0.231 e. The topological polar surface area (TPSA) is 98.5 Å². The molecule has 1 aliphatic carbocycles. The van der Waals surface area contributed by atoms with Crippen molar-refractivity contribution in [2.24, 2.45) is 5.41 Å². The second-order valence-electron chi connectivity index (χ2n) is 9.79. The van der Waals surface area contributed by atoms with Gasteiger partial charge in [-0.3, -0.25) is 4.79 Å². The summed E-state index contributed by atoms with van der Waals surface area (Å²) in [5, 5.41) is 18.4. The molecule has 3 heterocycles. The Morgan fingerprint density at radius 2 is 2.06 bits per heavy atom. The van der Waals surface area contributed by atoms with Crippen LogP contribution in [0.5, 0.6) is 11.5 Å². The minimum atomic E-state index is -0.870. The van der Waals surface area contributed by atoms with Crippen LogP contribution < -0.4 is 14.8 Å². The van der Waals surface area contributed by atoms with E-state index in [0.717, 1.165) is 19.3 Å². The highest BCUT2D eigenvalue weighted by Crippen LogP contribution is 2.42. The quantitative estimate of drug-likeness (QED) is 0.578. The van der Waals surface area contributed by atoms with Crippen LogP contribution in [0.2, 0.25) is 0 Å². The standard InChI is InChI=1S/C24H27FN4O4/c1-23(2,31)7-8-29-21-16(20(28-29)27-22(30)24(3)5-4-6-24)9-15(12-26-21)14-10-17(25)19-18(11-14)32-13-33-19/h9-12,31H,4-8,13H2,1-3H3,(H,27,28,30). The van der Waals surface area contributed by atoms with E-state index in [2.05, 4.69) is 15.4 Å². The molecule has 0 atom stereocenters. The summed E-state index contributed by atoms with van der Waals surface area (Å²) in [6.07, 6.45) is 4.82. The normalized spacial score (nSPS) is 16.6. The van der Waals surface area contributed by atoms with Crippen molar-refractivity contribution < 1.29 is 23.8 Å². The monoisotopic (exact) mass is 454 g/mol. The maximum atomic E-state index is 14.5. The summed E-state index contributed by atoms with van der Waals surface area (Å²) in [5.41, 5.74) is 0.559. The summed E-state index contributed by atoms with van der Waals surface area (Å²) in [6.45, 7) is 5.84. The summed E-state index contributed by atoms with van der Waals surface area (Å²) < 4.78 is 26.7. The number of carbonyl (C=O) groups excluding carboxylic acids is 1. The Kier molecular flexibility index (Phi) is 5.04. The van der Waals surface area contributed by atoms with Gasteiger partial charge in [-0.15, -0.1) is 0 Å². The molecule has 0 radical (unpaired) electrons. The third-order valence-electron chi connectivity index (χ3n) is 6.52. The average molecular weight is 455 g/mol. The lowest BCUT2D eigenvalue weighted by molar-refractivity contribution is -0.128. The largest absolute Gasteiger partial charge is 0.453 e. The first kappa shape index (κ1) is 21.6. The highest BCUT2D eigenvalue weighted by molar-refractivity contribution is 6.02. The van der Waals surface area contributed by atoms with E-state index in [1.807, 2.05) is 13.0 Å². The molecule has 2 N–H and O–H groups in total. The van der Waals surface area contributed by atoms with Crippen LogP contribution in [-0.2, 0) is 11.3 Å². The number of pyridine rings is 1. The van der Waals surface area contributed by atoms with Crippen LogP contribution in [0.4, 0.5) is 10.2 Å². The van der Waals surface area contributed by atoms with Gasteiger partial charge in [0.1, 0.15) is 0 Å². The van der Waals surface area contributed by atoms with Gasteiger partial charge < -0.3 is 19.9 Å². The summed E-state index contributed by atoms with van der Waals surface area (Å²) >= 11 is 0. The number of nitrogens with zero attached hydrogens (tertiary/aromatic N) is 3. The van der Waals surface area contributed by atoms with Crippen molar-refractivity contribution in [2.45, 2.75) is 58.6 Å². The van der Waals surface area contributed by atoms with E-state index in [4.69, 9.17) is 9.47 Å². The lowest BCUT2D eigenvalue weighted by Gasteiger charge is -2.36. The van der Waals surface area contributed by atoms with Crippen molar-refractivity contribution in [3.8, 4) is 22.6 Å². The fraction of sp³-hybridized carbons (Fsp3) is 0.458. The number of carbonyl (C=O) groups is 1. The summed E-state index contributed by atoms with van der Waals surface area (Å²) in [7, 11) is 0. The molecule has 2 aliphatic rings. The summed E-state index contributed by atoms with van der Waals surface area (Å²) in [5.74, 6) is 0.287. The minimum absolute atomic E-state index is 0.0179. The van der Waals surface area contributed by atoms with E-state index in [0.29, 0.717) is 46.7 Å². The molecule has 1 aromatic carbocycles. The predicted octanol–water partition coefficient (Wildman–Crippen LogP) is 4.26. The van der Waals surface area contributed by atoms with Crippen LogP contribution in [0.15, 0.2) is 24.4 Å². The number of hydrogen-bond acceptors (Lipinski definition) is 6. The first-order valence-corrected chi connectivity index (χ1v) is 11.1. The van der Waals surface area contributed by atoms with Gasteiger partial charge in [-0.25, -0.2) is 14.1 Å². The Morgan fingerprint density at radius 1 is 1.27 bits per heavy atom. The Morgan fingerprint density at radius 3 is 2.76 bits per heavy atom. The zero-order chi connectivity index (χ0) is 23.4. The van der Waals surface area contributed by atoms with Gasteiger partial charge in [0.25, 0.3) is 0 Å². The molecule has 5 rings (SSSR count). The van der Waals surface area contributed by atoms with Crippen LogP contribution in [0.25, 0.3) is 22.2 Å². The number of nitrogens with one attached hydrogen (secondary N) is 1. The predicted molar refractivity (Wildman–Crippen MR) is 121 cm³/mol. The summed E-state index contributed by atoms with van der Waals surface area (Å²) in [6, 6.07) is 4.93. The number of aliphatic hydroxyl groups is 1. The number of benzene rings is 1. The van der Waals surface area contributed by atoms with Crippen molar-refractivity contribution in [3.05, 3.63) is 30.2 Å². The molecular weight excluding hydrogens is 427 g/mol. The molecule has 33 heavy (non-hydrogen) atoms. The number of hydrogen-bond donors (Lipinski definition) is 2. The Bertz CT molecular complexity index is 1240. The van der Waals surface area contributed by atoms with Crippen molar-refractivity contribution in [1.29, 1.82) is 0 Å². The van der Waals surface area contributed by atoms with Crippen LogP contribution in [-0.4, -0.2) is 38.2 Å². The second-order valence-corrected chi connectivity index (χ2v) is 9.79. The third-order valence-corrected chi connectivity index (χ3v) is 6.52. The zero-order valence-corrected chi connectivity index (χ0v) is 18.9. The first-order chi connectivity index (χ1) is 15.6. The zero-order valence-electron chi connectivity index (χ0n) is 18.9. The molecule has 0 saturated heterocycles. The average Bonchev–Trinajstić information content (AvgIpc) is 3.35. The van der Waals surface area contributed by atoms with E-state index in [9.17, 15) is 14.3 Å². The lowest BCUT2D eigenvalue weighted by Crippen LogP contribution is -2.39. The molecule has 0 bridgehead atoms. The van der Waals surface area contributed by atoms with Gasteiger partial charge in [0.05, 0.1) is 11.0 Å². The SMILES string of the molecule is CC(C)(O)CCn1nc(NC(=O)C2(C)CCC2)c2cc(-c3cc(F)c4c(c3)OCO4)cnc21. The van der Waals surface area contributed by atoms with E-state index in [1.54, 1.807) is 30.8 Å². The van der Waals surface area contributed by atoms with Gasteiger partial charge in [-0.2, -0.15) is 5.10 Å². The van der Waals surface area contributed by atoms with E-state index < -0.39 is 16.8 Å². The van der Waals surface area contributed by atoms with E-state index in [-0.39, 0.29) is 18.4 Å². The van der Waals surface area contributed by atoms with Crippen LogP contribution in [0, 0.1) is 11.2 Å². The molecule has 1 saturated carbocycles. The van der Waals surface area contributed by atoms with Gasteiger partial charge in [-0.05, 0) is 56.9 Å². The van der Waals surface area contributed by atoms with Crippen LogP contribution in [0.1, 0.15) is 46.5 Å². The molecule has 8 nitrogen and oxygen atoms in total. The van der Waals surface area contributed by atoms with E-state index >= 15 is 0 Å². The van der Waals surface area contributed by atoms with Gasteiger partial charge in [0, 0.05) is 23.7 Å². The Balaban J connectivity index is 1.55. The lowest BCUT2D eigenvalue weighted by atomic mass is 9.70. The number of anilines is 1. The number of halogens is 1. The number of aryl methyl sites for hydroxylation is 1. The molecule has 1 amide bonds.